The van der Waals surface area contributed by atoms with Crippen LogP contribution in [0.15, 0.2) is 42.7 Å². The first-order valence-corrected chi connectivity index (χ1v) is 6.77. The zero-order valence-electron chi connectivity index (χ0n) is 12.2. The highest BCUT2D eigenvalue weighted by atomic mass is 16.3. The van der Waals surface area contributed by atoms with E-state index >= 15 is 0 Å². The number of nitrogens with two attached hydrogens (primary N) is 1. The fourth-order valence-corrected chi connectivity index (χ4v) is 2.06. The van der Waals surface area contributed by atoms with Gasteiger partial charge in [0, 0.05) is 30.7 Å². The Bertz CT molecular complexity index is 627. The lowest BCUT2D eigenvalue weighted by atomic mass is 10.1. The highest BCUT2D eigenvalue weighted by Gasteiger charge is 2.21. The topological polar surface area (TPSA) is 79.5 Å². The number of pyridine rings is 1. The zero-order chi connectivity index (χ0) is 15.4. The van der Waals surface area contributed by atoms with Crippen LogP contribution in [-0.2, 0) is 6.54 Å². The molecule has 0 fully saturated rings. The Balaban J connectivity index is 2.30. The summed E-state index contributed by atoms with van der Waals surface area (Å²) in [5.41, 5.74) is 7.46. The van der Waals surface area contributed by atoms with Gasteiger partial charge < -0.3 is 15.7 Å². The zero-order valence-corrected chi connectivity index (χ0v) is 12.2. The predicted octanol–water partition coefficient (Wildman–Crippen LogP) is 2.42. The number of carbonyl (C=O) groups excluding carboxylic acids is 1. The highest BCUT2D eigenvalue weighted by Crippen LogP contribution is 2.22. The summed E-state index contributed by atoms with van der Waals surface area (Å²) in [4.78, 5) is 18.4. The van der Waals surface area contributed by atoms with Crippen LogP contribution in [0.4, 0.5) is 5.69 Å². The third kappa shape index (κ3) is 3.51. The molecule has 1 aromatic heterocycles. The number of phenols is 1. The van der Waals surface area contributed by atoms with Crippen molar-refractivity contribution in [3.05, 3.63) is 53.9 Å². The molecule has 5 nitrogen and oxygen atoms in total. The largest absolute Gasteiger partial charge is 0.508 e. The van der Waals surface area contributed by atoms with Gasteiger partial charge in [-0.1, -0.05) is 6.07 Å². The van der Waals surface area contributed by atoms with Crippen LogP contribution in [0.5, 0.6) is 5.75 Å². The summed E-state index contributed by atoms with van der Waals surface area (Å²) in [5, 5.41) is 9.56. The molecule has 0 spiro atoms. The van der Waals surface area contributed by atoms with Crippen molar-refractivity contribution < 1.29 is 9.90 Å². The molecule has 1 heterocycles. The van der Waals surface area contributed by atoms with Gasteiger partial charge >= 0.3 is 0 Å². The quantitative estimate of drug-likeness (QED) is 0.668. The van der Waals surface area contributed by atoms with Crippen LogP contribution in [-0.4, -0.2) is 26.9 Å². The number of nitrogens with zero attached hydrogens (tertiary/aromatic N) is 2. The second kappa shape index (κ2) is 6.26. The molecule has 0 bridgehead atoms. The van der Waals surface area contributed by atoms with Gasteiger partial charge in [-0.3, -0.25) is 9.78 Å². The Labute approximate surface area is 124 Å². The fraction of sp³-hybridized carbons (Fsp3) is 0.250. The van der Waals surface area contributed by atoms with Crippen LogP contribution in [0.3, 0.4) is 0 Å². The number of rotatable bonds is 4. The summed E-state index contributed by atoms with van der Waals surface area (Å²) in [6.07, 6.45) is 3.42. The minimum Gasteiger partial charge on any atom is -0.508 e. The molecule has 0 saturated heterocycles. The molecule has 0 aliphatic rings. The summed E-state index contributed by atoms with van der Waals surface area (Å²) >= 11 is 0. The van der Waals surface area contributed by atoms with Gasteiger partial charge in [0.2, 0.25) is 0 Å². The van der Waals surface area contributed by atoms with E-state index in [9.17, 15) is 9.90 Å². The van der Waals surface area contributed by atoms with Crippen molar-refractivity contribution in [2.75, 3.05) is 5.73 Å². The van der Waals surface area contributed by atoms with E-state index in [4.69, 9.17) is 5.73 Å². The van der Waals surface area contributed by atoms with Crippen LogP contribution in [0.25, 0.3) is 0 Å². The second-order valence-corrected chi connectivity index (χ2v) is 5.16. The molecular weight excluding hydrogens is 266 g/mol. The molecule has 21 heavy (non-hydrogen) atoms. The van der Waals surface area contributed by atoms with E-state index in [1.807, 2.05) is 26.0 Å². The first-order chi connectivity index (χ1) is 9.99. The summed E-state index contributed by atoms with van der Waals surface area (Å²) < 4.78 is 0. The summed E-state index contributed by atoms with van der Waals surface area (Å²) in [6, 6.07) is 8.15. The maximum absolute atomic E-state index is 12.7. The van der Waals surface area contributed by atoms with E-state index in [2.05, 4.69) is 4.98 Å². The Morgan fingerprint density at radius 1 is 1.38 bits per heavy atom. The van der Waals surface area contributed by atoms with Gasteiger partial charge in [-0.05, 0) is 43.7 Å². The number of carbonyl (C=O) groups is 1. The van der Waals surface area contributed by atoms with Crippen LogP contribution in [0, 0.1) is 0 Å². The number of benzene rings is 1. The first kappa shape index (κ1) is 14.8. The molecule has 0 aliphatic carbocycles. The molecule has 1 aromatic carbocycles. The van der Waals surface area contributed by atoms with E-state index in [1.54, 1.807) is 17.3 Å². The van der Waals surface area contributed by atoms with E-state index in [0.717, 1.165) is 5.56 Å². The molecule has 1 amide bonds. The summed E-state index contributed by atoms with van der Waals surface area (Å²) in [5.74, 6) is -0.181. The second-order valence-electron chi connectivity index (χ2n) is 5.16. The van der Waals surface area contributed by atoms with Crippen molar-refractivity contribution in [1.29, 1.82) is 0 Å². The van der Waals surface area contributed by atoms with Crippen LogP contribution >= 0.6 is 0 Å². The summed E-state index contributed by atoms with van der Waals surface area (Å²) in [7, 11) is 0. The third-order valence-corrected chi connectivity index (χ3v) is 3.23. The average Bonchev–Trinajstić information content (AvgIpc) is 2.47. The van der Waals surface area contributed by atoms with Gasteiger partial charge in [-0.2, -0.15) is 0 Å². The molecule has 0 radical (unpaired) electrons. The molecule has 0 saturated carbocycles. The summed E-state index contributed by atoms with van der Waals surface area (Å²) in [6.45, 7) is 4.32. The van der Waals surface area contributed by atoms with E-state index < -0.39 is 0 Å². The third-order valence-electron chi connectivity index (χ3n) is 3.23. The van der Waals surface area contributed by atoms with Crippen molar-refractivity contribution in [2.24, 2.45) is 0 Å². The van der Waals surface area contributed by atoms with Gasteiger partial charge in [-0.25, -0.2) is 0 Å². The van der Waals surface area contributed by atoms with Crippen molar-refractivity contribution in [2.45, 2.75) is 26.4 Å². The average molecular weight is 285 g/mol. The normalized spacial score (nSPS) is 10.6. The molecule has 2 rings (SSSR count). The standard InChI is InChI=1S/C16H19N3O2/c1-11(2)19(10-12-4-3-7-18-9-12)16(21)14-8-13(20)5-6-15(14)17/h3-9,11,20H,10,17H2,1-2H3. The van der Waals surface area contributed by atoms with E-state index in [1.165, 1.54) is 18.2 Å². The number of phenolic OH excluding ortho intramolecular Hbond substituents is 1. The molecule has 5 heteroatoms. The lowest BCUT2D eigenvalue weighted by molar-refractivity contribution is 0.0691. The Morgan fingerprint density at radius 2 is 2.14 bits per heavy atom. The molecule has 110 valence electrons. The number of aromatic nitrogens is 1. The van der Waals surface area contributed by atoms with Crippen molar-refractivity contribution in [3.63, 3.8) is 0 Å². The smallest absolute Gasteiger partial charge is 0.256 e. The number of aromatic hydroxyl groups is 1. The lowest BCUT2D eigenvalue weighted by Gasteiger charge is -2.27. The SMILES string of the molecule is CC(C)N(Cc1cccnc1)C(=O)c1cc(O)ccc1N. The minimum atomic E-state index is -0.206. The van der Waals surface area contributed by atoms with Gasteiger partial charge in [0.05, 0.1) is 5.56 Å². The Kier molecular flexibility index (Phi) is 4.42. The first-order valence-electron chi connectivity index (χ1n) is 6.77. The fourth-order valence-electron chi connectivity index (χ4n) is 2.06. The predicted molar refractivity (Wildman–Crippen MR) is 81.8 cm³/mol. The monoisotopic (exact) mass is 285 g/mol. The van der Waals surface area contributed by atoms with Crippen molar-refractivity contribution >= 4 is 11.6 Å². The minimum absolute atomic E-state index is 0.000505. The molecule has 3 N–H and O–H groups in total. The molecule has 2 aromatic rings. The highest BCUT2D eigenvalue weighted by molar-refractivity contribution is 5.99. The number of nitrogen functional groups attached to an aromatic ring is 1. The molecular formula is C16H19N3O2. The Morgan fingerprint density at radius 3 is 2.76 bits per heavy atom. The van der Waals surface area contributed by atoms with E-state index in [-0.39, 0.29) is 17.7 Å². The van der Waals surface area contributed by atoms with Crippen LogP contribution < -0.4 is 5.73 Å². The van der Waals surface area contributed by atoms with Gasteiger partial charge in [0.1, 0.15) is 5.75 Å². The molecule has 0 aliphatic heterocycles. The van der Waals surface area contributed by atoms with Gasteiger partial charge in [0.15, 0.2) is 0 Å². The van der Waals surface area contributed by atoms with Gasteiger partial charge in [0.25, 0.3) is 5.91 Å². The number of hydrogen-bond donors (Lipinski definition) is 2. The van der Waals surface area contributed by atoms with Gasteiger partial charge in [-0.15, -0.1) is 0 Å². The number of hydrogen-bond acceptors (Lipinski definition) is 4. The molecule has 0 atom stereocenters. The number of amides is 1. The maximum Gasteiger partial charge on any atom is 0.256 e. The molecule has 0 unspecified atom stereocenters. The number of anilines is 1. The van der Waals surface area contributed by atoms with Crippen molar-refractivity contribution in [3.8, 4) is 5.75 Å². The maximum atomic E-state index is 12.7. The Hall–Kier alpha value is -2.56. The van der Waals surface area contributed by atoms with E-state index in [0.29, 0.717) is 17.8 Å². The van der Waals surface area contributed by atoms with Crippen LogP contribution in [0.2, 0.25) is 0 Å². The lowest BCUT2D eigenvalue weighted by Crippen LogP contribution is -2.36. The van der Waals surface area contributed by atoms with Crippen molar-refractivity contribution in [1.82, 2.24) is 9.88 Å². The van der Waals surface area contributed by atoms with Crippen LogP contribution in [0.1, 0.15) is 29.8 Å².